The van der Waals surface area contributed by atoms with Crippen molar-refractivity contribution in [2.45, 2.75) is 18.4 Å². The molecular formula is C26H24ClF2N5O5S. The summed E-state index contributed by atoms with van der Waals surface area (Å²) in [5.74, 6) is -1.72. The van der Waals surface area contributed by atoms with E-state index in [-0.39, 0.29) is 45.9 Å². The molecule has 2 aromatic heterocycles. The molecule has 1 atom stereocenters. The van der Waals surface area contributed by atoms with Gasteiger partial charge in [-0.05, 0) is 42.0 Å². The first-order valence-corrected chi connectivity index (χ1v) is 13.8. The predicted octanol–water partition coefficient (Wildman–Crippen LogP) is 3.78. The van der Waals surface area contributed by atoms with E-state index in [1.54, 1.807) is 25.1 Å². The van der Waals surface area contributed by atoms with Gasteiger partial charge in [0.2, 0.25) is 11.8 Å². The first-order valence-electron chi connectivity index (χ1n) is 11.9. The Balaban J connectivity index is 1.69. The van der Waals surface area contributed by atoms with Crippen LogP contribution in [0.5, 0.6) is 5.88 Å². The fraction of sp³-hybridized carbons (Fsp3) is 0.231. The second-order valence-electron chi connectivity index (χ2n) is 8.78. The number of sulfonamides is 1. The third-order valence-corrected chi connectivity index (χ3v) is 7.79. The number of aromatic nitrogens is 3. The zero-order valence-electron chi connectivity index (χ0n) is 21.3. The number of anilines is 1. The smallest absolute Gasteiger partial charge is 0.263 e. The maximum atomic E-state index is 13.4. The number of pyridine rings is 1. The summed E-state index contributed by atoms with van der Waals surface area (Å²) in [5, 5.41) is 2.40. The fourth-order valence-electron chi connectivity index (χ4n) is 3.93. The Morgan fingerprint density at radius 2 is 1.93 bits per heavy atom. The van der Waals surface area contributed by atoms with Gasteiger partial charge in [0.15, 0.2) is 0 Å². The molecule has 1 unspecified atom stereocenters. The Morgan fingerprint density at radius 3 is 2.62 bits per heavy atom. The van der Waals surface area contributed by atoms with E-state index in [1.165, 1.54) is 30.3 Å². The van der Waals surface area contributed by atoms with Gasteiger partial charge < -0.3 is 10.1 Å². The SMILES string of the molecule is COc1ncc(-c2ccc3ncn(CC(C)C(=O)NCCF)c(=O)c3c2)cc1NS(=O)(=O)c1ccc(F)cc1Cl. The number of alkyl halides is 1. The maximum Gasteiger partial charge on any atom is 0.263 e. The lowest BCUT2D eigenvalue weighted by atomic mass is 10.0. The van der Waals surface area contributed by atoms with Crippen LogP contribution in [0.15, 0.2) is 64.7 Å². The van der Waals surface area contributed by atoms with E-state index < -0.39 is 34.0 Å². The highest BCUT2D eigenvalue weighted by Gasteiger charge is 2.22. The molecule has 0 aliphatic rings. The van der Waals surface area contributed by atoms with Gasteiger partial charge in [-0.3, -0.25) is 18.9 Å². The van der Waals surface area contributed by atoms with Crippen molar-refractivity contribution in [1.82, 2.24) is 19.9 Å². The van der Waals surface area contributed by atoms with Crippen LogP contribution in [0, 0.1) is 11.7 Å². The number of rotatable bonds is 10. The molecule has 0 fully saturated rings. The number of nitrogens with zero attached hydrogens (tertiary/aromatic N) is 3. The lowest BCUT2D eigenvalue weighted by Gasteiger charge is -2.14. The van der Waals surface area contributed by atoms with Gasteiger partial charge in [-0.15, -0.1) is 0 Å². The number of hydrogen-bond donors (Lipinski definition) is 2. The van der Waals surface area contributed by atoms with Crippen molar-refractivity contribution < 1.29 is 26.7 Å². The molecule has 4 rings (SSSR count). The predicted molar refractivity (Wildman–Crippen MR) is 146 cm³/mol. The maximum absolute atomic E-state index is 13.4. The number of carbonyl (C=O) groups is 1. The van der Waals surface area contributed by atoms with Crippen LogP contribution in [0.1, 0.15) is 6.92 Å². The molecule has 40 heavy (non-hydrogen) atoms. The summed E-state index contributed by atoms with van der Waals surface area (Å²) < 4.78 is 60.7. The van der Waals surface area contributed by atoms with Crippen molar-refractivity contribution >= 4 is 44.1 Å². The number of amides is 1. The first kappa shape index (κ1) is 28.9. The van der Waals surface area contributed by atoms with E-state index in [1.807, 2.05) is 0 Å². The van der Waals surface area contributed by atoms with E-state index >= 15 is 0 Å². The van der Waals surface area contributed by atoms with E-state index in [9.17, 15) is 26.8 Å². The van der Waals surface area contributed by atoms with Gasteiger partial charge in [0.05, 0.1) is 35.3 Å². The third kappa shape index (κ3) is 6.20. The van der Waals surface area contributed by atoms with Gasteiger partial charge in [-0.25, -0.2) is 27.2 Å². The van der Waals surface area contributed by atoms with E-state index in [0.29, 0.717) is 16.6 Å². The van der Waals surface area contributed by atoms with E-state index in [2.05, 4.69) is 20.0 Å². The molecular weight excluding hydrogens is 568 g/mol. The molecule has 210 valence electrons. The van der Waals surface area contributed by atoms with Crippen molar-refractivity contribution in [3.8, 4) is 17.0 Å². The van der Waals surface area contributed by atoms with Gasteiger partial charge in [0.25, 0.3) is 15.6 Å². The Hall–Kier alpha value is -4.10. The molecule has 2 aromatic carbocycles. The number of nitrogens with one attached hydrogen (secondary N) is 2. The average molecular weight is 592 g/mol. The average Bonchev–Trinajstić information content (AvgIpc) is 2.92. The molecule has 0 aliphatic heterocycles. The van der Waals surface area contributed by atoms with Crippen molar-refractivity contribution in [3.05, 3.63) is 76.2 Å². The number of halogens is 3. The van der Waals surface area contributed by atoms with E-state index in [4.69, 9.17) is 16.3 Å². The highest BCUT2D eigenvalue weighted by Crippen LogP contribution is 2.32. The van der Waals surface area contributed by atoms with Crippen LogP contribution in [0.4, 0.5) is 14.5 Å². The number of fused-ring (bicyclic) bond motifs is 1. The van der Waals surface area contributed by atoms with Crippen molar-refractivity contribution in [3.63, 3.8) is 0 Å². The molecule has 2 heterocycles. The van der Waals surface area contributed by atoms with Crippen LogP contribution in [0.25, 0.3) is 22.0 Å². The summed E-state index contributed by atoms with van der Waals surface area (Å²) in [6.45, 7) is 0.849. The van der Waals surface area contributed by atoms with Crippen molar-refractivity contribution in [1.29, 1.82) is 0 Å². The Labute approximate surface area is 233 Å². The molecule has 0 aliphatic carbocycles. The first-order chi connectivity index (χ1) is 19.0. The van der Waals surface area contributed by atoms with Gasteiger partial charge in [-0.2, -0.15) is 0 Å². The standard InChI is InChI=1S/C26H24ClF2N5O5S/c1-15(24(35)30-8-7-28)13-34-14-32-21-5-3-16(9-19(21)26(34)36)17-10-22(25(39-2)31-12-17)33-40(37,38)23-6-4-18(29)11-20(23)27/h3-6,9-12,14-15,33H,7-8,13H2,1-2H3,(H,30,35). The highest BCUT2D eigenvalue weighted by atomic mass is 35.5. The fourth-order valence-corrected chi connectivity index (χ4v) is 5.51. The third-order valence-electron chi connectivity index (χ3n) is 5.94. The number of benzene rings is 2. The number of methoxy groups -OCH3 is 1. The monoisotopic (exact) mass is 591 g/mol. The highest BCUT2D eigenvalue weighted by molar-refractivity contribution is 7.92. The Kier molecular flexibility index (Phi) is 8.64. The number of carbonyl (C=O) groups excluding carboxylic acids is 1. The summed E-state index contributed by atoms with van der Waals surface area (Å²) in [6.07, 6.45) is 2.78. The number of ether oxygens (including phenoxy) is 1. The number of hydrogen-bond acceptors (Lipinski definition) is 7. The molecule has 0 radical (unpaired) electrons. The summed E-state index contributed by atoms with van der Waals surface area (Å²) in [6, 6.07) is 9.25. The normalized spacial score (nSPS) is 12.2. The molecule has 10 nitrogen and oxygen atoms in total. The minimum Gasteiger partial charge on any atom is -0.480 e. The largest absolute Gasteiger partial charge is 0.480 e. The quantitative estimate of drug-likeness (QED) is 0.287. The van der Waals surface area contributed by atoms with Gasteiger partial charge in [0.1, 0.15) is 23.1 Å². The van der Waals surface area contributed by atoms with Gasteiger partial charge >= 0.3 is 0 Å². The molecule has 1 amide bonds. The summed E-state index contributed by atoms with van der Waals surface area (Å²) in [7, 11) is -2.94. The molecule has 0 bridgehead atoms. The summed E-state index contributed by atoms with van der Waals surface area (Å²) in [4.78, 5) is 33.5. The molecule has 0 saturated carbocycles. The zero-order chi connectivity index (χ0) is 29.0. The lowest BCUT2D eigenvalue weighted by Crippen LogP contribution is -2.35. The van der Waals surface area contributed by atoms with Crippen LogP contribution in [0.2, 0.25) is 5.02 Å². The summed E-state index contributed by atoms with van der Waals surface area (Å²) in [5.41, 5.74) is 0.961. The zero-order valence-corrected chi connectivity index (χ0v) is 22.9. The Morgan fingerprint density at radius 1 is 1.15 bits per heavy atom. The van der Waals surface area contributed by atoms with Crippen LogP contribution >= 0.6 is 11.6 Å². The van der Waals surface area contributed by atoms with Crippen LogP contribution in [-0.2, 0) is 21.4 Å². The topological polar surface area (TPSA) is 132 Å². The van der Waals surface area contributed by atoms with Crippen molar-refractivity contribution in [2.24, 2.45) is 5.92 Å². The van der Waals surface area contributed by atoms with E-state index in [0.717, 1.165) is 18.2 Å². The minimum atomic E-state index is -4.25. The second-order valence-corrected chi connectivity index (χ2v) is 10.8. The lowest BCUT2D eigenvalue weighted by molar-refractivity contribution is -0.124. The molecule has 4 aromatic rings. The Bertz CT molecular complexity index is 1750. The van der Waals surface area contributed by atoms with Gasteiger partial charge in [0, 0.05) is 24.8 Å². The van der Waals surface area contributed by atoms with Crippen LogP contribution in [-0.4, -0.2) is 49.2 Å². The summed E-state index contributed by atoms with van der Waals surface area (Å²) >= 11 is 5.95. The van der Waals surface area contributed by atoms with Gasteiger partial charge in [-0.1, -0.05) is 24.6 Å². The molecule has 2 N–H and O–H groups in total. The molecule has 0 saturated heterocycles. The minimum absolute atomic E-state index is 0.0165. The van der Waals surface area contributed by atoms with Crippen LogP contribution < -0.4 is 20.3 Å². The molecule has 14 heteroatoms. The molecule has 0 spiro atoms. The van der Waals surface area contributed by atoms with Crippen molar-refractivity contribution in [2.75, 3.05) is 25.1 Å². The second kappa shape index (κ2) is 12.0. The van der Waals surface area contributed by atoms with Crippen LogP contribution in [0.3, 0.4) is 0 Å².